The fraction of sp³-hybridized carbons (Fsp3) is 0.444. The second kappa shape index (κ2) is 11.8. The molecule has 0 aliphatic heterocycles. The van der Waals surface area contributed by atoms with Gasteiger partial charge in [0.05, 0.1) is 17.6 Å². The average Bonchev–Trinajstić information content (AvgIpc) is 2.81. The molecule has 0 bridgehead atoms. The quantitative estimate of drug-likeness (QED) is 0.342. The molecule has 6 heteroatoms. The largest absolute Gasteiger partial charge is 0.507 e. The van der Waals surface area contributed by atoms with Gasteiger partial charge in [0.1, 0.15) is 17.1 Å². The van der Waals surface area contributed by atoms with E-state index in [4.69, 9.17) is 13.9 Å². The van der Waals surface area contributed by atoms with Gasteiger partial charge < -0.3 is 19.0 Å². The Labute approximate surface area is 195 Å². The number of rotatable bonds is 12. The zero-order chi connectivity index (χ0) is 23.8. The topological polar surface area (TPSA) is 72.1 Å². The van der Waals surface area contributed by atoms with Gasteiger partial charge in [-0.05, 0) is 64.0 Å². The Morgan fingerprint density at radius 2 is 1.64 bits per heavy atom. The maximum absolute atomic E-state index is 13.4. The van der Waals surface area contributed by atoms with E-state index >= 15 is 0 Å². The summed E-state index contributed by atoms with van der Waals surface area (Å²) < 4.78 is 17.7. The van der Waals surface area contributed by atoms with Crippen molar-refractivity contribution >= 4 is 11.0 Å². The van der Waals surface area contributed by atoms with Crippen LogP contribution in [0.4, 0.5) is 0 Å². The van der Waals surface area contributed by atoms with Crippen LogP contribution in [0.3, 0.4) is 0 Å². The molecule has 3 rings (SSSR count). The molecule has 0 aliphatic carbocycles. The molecular weight excluding hydrogens is 418 g/mol. The third-order valence-corrected chi connectivity index (χ3v) is 5.66. The van der Waals surface area contributed by atoms with E-state index < -0.39 is 0 Å². The molecule has 33 heavy (non-hydrogen) atoms. The fourth-order valence-corrected chi connectivity index (χ4v) is 3.84. The summed E-state index contributed by atoms with van der Waals surface area (Å²) in [4.78, 5) is 15.7. The van der Waals surface area contributed by atoms with Crippen LogP contribution in [0.2, 0.25) is 0 Å². The highest BCUT2D eigenvalue weighted by atomic mass is 16.5. The summed E-state index contributed by atoms with van der Waals surface area (Å²) >= 11 is 0. The maximum Gasteiger partial charge on any atom is 0.235 e. The summed E-state index contributed by atoms with van der Waals surface area (Å²) in [5, 5.41) is 11.0. The predicted octanol–water partition coefficient (Wildman–Crippen LogP) is 6.40. The van der Waals surface area contributed by atoms with E-state index in [1.54, 1.807) is 31.2 Å². The number of benzene rings is 2. The van der Waals surface area contributed by atoms with Crippen LogP contribution >= 0.6 is 0 Å². The molecule has 0 aliphatic rings. The molecule has 6 nitrogen and oxygen atoms in total. The molecule has 0 saturated carbocycles. The van der Waals surface area contributed by atoms with Crippen molar-refractivity contribution in [3.63, 3.8) is 0 Å². The Hall–Kier alpha value is -2.99. The number of aromatic hydroxyl groups is 1. The summed E-state index contributed by atoms with van der Waals surface area (Å²) in [6, 6.07) is 10.4. The number of ether oxygens (including phenoxy) is 2. The molecule has 0 radical (unpaired) electrons. The van der Waals surface area contributed by atoms with Crippen molar-refractivity contribution in [2.24, 2.45) is 0 Å². The van der Waals surface area contributed by atoms with E-state index in [0.717, 1.165) is 38.8 Å². The lowest BCUT2D eigenvalue weighted by molar-refractivity contribution is 0.253. The number of hydrogen-bond acceptors (Lipinski definition) is 6. The number of unbranched alkanes of at least 4 members (excludes halogenated alkanes) is 2. The Bertz CT molecular complexity index is 1110. The van der Waals surface area contributed by atoms with Crippen LogP contribution in [0, 0.1) is 6.92 Å². The van der Waals surface area contributed by atoms with Gasteiger partial charge in [-0.3, -0.25) is 9.69 Å². The van der Waals surface area contributed by atoms with E-state index in [0.29, 0.717) is 46.9 Å². The minimum absolute atomic E-state index is 0.125. The van der Waals surface area contributed by atoms with Crippen molar-refractivity contribution in [2.75, 3.05) is 19.7 Å². The van der Waals surface area contributed by atoms with Gasteiger partial charge in [0.25, 0.3) is 0 Å². The van der Waals surface area contributed by atoms with Gasteiger partial charge in [0.15, 0.2) is 11.5 Å². The van der Waals surface area contributed by atoms with E-state index in [2.05, 4.69) is 18.7 Å². The standard InChI is InChI=1S/C27H35NO5/c1-5-8-16-28(17-9-6-2)18-21-22(29)15-14-20-25(30)26(19(4)32-27(20)21)33-24-13-11-10-12-23(24)31-7-3/h10-15,29H,5-9,16-18H2,1-4H3. The van der Waals surface area contributed by atoms with Crippen LogP contribution in [0.25, 0.3) is 11.0 Å². The van der Waals surface area contributed by atoms with Gasteiger partial charge >= 0.3 is 0 Å². The molecule has 0 atom stereocenters. The van der Waals surface area contributed by atoms with E-state index in [-0.39, 0.29) is 16.9 Å². The SMILES string of the molecule is CCCCN(CCCC)Cc1c(O)ccc2c(=O)c(Oc3ccccc3OCC)c(C)oc12. The minimum atomic E-state index is -0.269. The zero-order valence-corrected chi connectivity index (χ0v) is 20.1. The fourth-order valence-electron chi connectivity index (χ4n) is 3.84. The van der Waals surface area contributed by atoms with Gasteiger partial charge in [-0.15, -0.1) is 0 Å². The Morgan fingerprint density at radius 3 is 2.27 bits per heavy atom. The molecule has 0 amide bonds. The van der Waals surface area contributed by atoms with Crippen molar-refractivity contribution in [3.8, 4) is 23.0 Å². The first-order valence-corrected chi connectivity index (χ1v) is 11.9. The number of para-hydroxylation sites is 2. The predicted molar refractivity (Wildman–Crippen MR) is 132 cm³/mol. The van der Waals surface area contributed by atoms with Crippen LogP contribution in [-0.2, 0) is 6.54 Å². The number of phenols is 1. The Morgan fingerprint density at radius 1 is 0.970 bits per heavy atom. The van der Waals surface area contributed by atoms with Gasteiger partial charge in [0, 0.05) is 6.54 Å². The molecule has 0 spiro atoms. The van der Waals surface area contributed by atoms with Gasteiger partial charge in [0.2, 0.25) is 11.2 Å². The molecule has 0 fully saturated rings. The highest BCUT2D eigenvalue weighted by molar-refractivity contribution is 5.83. The van der Waals surface area contributed by atoms with Crippen LogP contribution in [0.15, 0.2) is 45.6 Å². The molecule has 178 valence electrons. The third kappa shape index (κ3) is 5.88. The first-order chi connectivity index (χ1) is 16.0. The molecular formula is C27H35NO5. The molecule has 0 saturated heterocycles. The number of phenolic OH excluding ortho intramolecular Hbond substituents is 1. The zero-order valence-electron chi connectivity index (χ0n) is 20.1. The van der Waals surface area contributed by atoms with Gasteiger partial charge in [-0.25, -0.2) is 0 Å². The first-order valence-electron chi connectivity index (χ1n) is 11.9. The second-order valence-corrected chi connectivity index (χ2v) is 8.22. The highest BCUT2D eigenvalue weighted by Crippen LogP contribution is 2.34. The molecule has 0 unspecified atom stereocenters. The van der Waals surface area contributed by atoms with Crippen LogP contribution in [-0.4, -0.2) is 29.7 Å². The second-order valence-electron chi connectivity index (χ2n) is 8.22. The highest BCUT2D eigenvalue weighted by Gasteiger charge is 2.20. The molecule has 1 N–H and O–H groups in total. The van der Waals surface area contributed by atoms with Crippen molar-refractivity contribution < 1.29 is 19.0 Å². The van der Waals surface area contributed by atoms with Crippen LogP contribution in [0.5, 0.6) is 23.0 Å². The summed E-state index contributed by atoms with van der Waals surface area (Å²) in [5.41, 5.74) is 0.789. The summed E-state index contributed by atoms with van der Waals surface area (Å²) in [6.07, 6.45) is 4.36. The van der Waals surface area contributed by atoms with Crippen molar-refractivity contribution in [1.82, 2.24) is 4.90 Å². The number of nitrogens with zero attached hydrogens (tertiary/aromatic N) is 1. The molecule has 2 aromatic carbocycles. The first kappa shape index (κ1) is 24.6. The van der Waals surface area contributed by atoms with Crippen LogP contribution < -0.4 is 14.9 Å². The van der Waals surface area contributed by atoms with Gasteiger partial charge in [-0.2, -0.15) is 0 Å². The summed E-state index contributed by atoms with van der Waals surface area (Å²) in [5.74, 6) is 1.64. The molecule has 1 heterocycles. The minimum Gasteiger partial charge on any atom is -0.507 e. The van der Waals surface area contributed by atoms with Crippen molar-refractivity contribution in [2.45, 2.75) is 59.9 Å². The van der Waals surface area contributed by atoms with Crippen molar-refractivity contribution in [3.05, 3.63) is 57.9 Å². The summed E-state index contributed by atoms with van der Waals surface area (Å²) in [6.45, 7) is 10.8. The van der Waals surface area contributed by atoms with E-state index in [1.807, 2.05) is 19.1 Å². The van der Waals surface area contributed by atoms with E-state index in [9.17, 15) is 9.90 Å². The van der Waals surface area contributed by atoms with Crippen molar-refractivity contribution in [1.29, 1.82) is 0 Å². The monoisotopic (exact) mass is 453 g/mol. The lowest BCUT2D eigenvalue weighted by atomic mass is 10.1. The lowest BCUT2D eigenvalue weighted by Crippen LogP contribution is -2.26. The average molecular weight is 454 g/mol. The third-order valence-electron chi connectivity index (χ3n) is 5.66. The Balaban J connectivity index is 2.02. The van der Waals surface area contributed by atoms with Gasteiger partial charge in [-0.1, -0.05) is 38.8 Å². The lowest BCUT2D eigenvalue weighted by Gasteiger charge is -2.23. The number of hydrogen-bond donors (Lipinski definition) is 1. The number of aryl methyl sites for hydroxylation is 1. The smallest absolute Gasteiger partial charge is 0.235 e. The normalized spacial score (nSPS) is 11.3. The van der Waals surface area contributed by atoms with E-state index in [1.165, 1.54) is 0 Å². The Kier molecular flexibility index (Phi) is 8.78. The molecule has 1 aromatic heterocycles. The molecule has 3 aromatic rings. The summed E-state index contributed by atoms with van der Waals surface area (Å²) in [7, 11) is 0. The maximum atomic E-state index is 13.4. The number of fused-ring (bicyclic) bond motifs is 1. The van der Waals surface area contributed by atoms with Crippen LogP contribution in [0.1, 0.15) is 57.8 Å².